The third-order valence-electron chi connectivity index (χ3n) is 5.39. The number of amides is 1. The molecule has 6 nitrogen and oxygen atoms in total. The van der Waals surface area contributed by atoms with Crippen molar-refractivity contribution in [3.05, 3.63) is 54.2 Å². The van der Waals surface area contributed by atoms with Gasteiger partial charge in [-0.25, -0.2) is 4.98 Å². The van der Waals surface area contributed by atoms with Crippen molar-refractivity contribution >= 4 is 22.7 Å². The van der Waals surface area contributed by atoms with Gasteiger partial charge in [0, 0.05) is 16.7 Å². The molecule has 28 heavy (non-hydrogen) atoms. The molecule has 0 saturated heterocycles. The van der Waals surface area contributed by atoms with Crippen LogP contribution in [0.25, 0.3) is 33.8 Å². The summed E-state index contributed by atoms with van der Waals surface area (Å²) in [5.74, 6) is 0.618. The minimum absolute atomic E-state index is 0.0873. The summed E-state index contributed by atoms with van der Waals surface area (Å²) < 4.78 is 5.95. The highest BCUT2D eigenvalue weighted by Gasteiger charge is 2.44. The minimum atomic E-state index is -0.194. The molecule has 0 radical (unpaired) electrons. The molecule has 0 aliphatic heterocycles. The number of anilines is 1. The number of hydrogen-bond acceptors (Lipinski definition) is 4. The predicted molar refractivity (Wildman–Crippen MR) is 108 cm³/mol. The standard InChI is InChI=1S/C22H20N4O2/c1-13-3-8-17-18(11-13)28-20(25-17)16-12-23-26-19(16)14-4-6-15(7-5-14)24-21(27)22(2)9-10-22/h3-8,11-12H,9-10H2,1-2H3,(H,23,26)(H,24,27). The smallest absolute Gasteiger partial charge is 0.231 e. The molecule has 1 saturated carbocycles. The lowest BCUT2D eigenvalue weighted by Gasteiger charge is -2.10. The first kappa shape index (κ1) is 16.7. The Labute approximate surface area is 162 Å². The van der Waals surface area contributed by atoms with Gasteiger partial charge in [0.1, 0.15) is 5.52 Å². The van der Waals surface area contributed by atoms with E-state index in [-0.39, 0.29) is 11.3 Å². The highest BCUT2D eigenvalue weighted by molar-refractivity contribution is 5.97. The average Bonchev–Trinajstić information content (AvgIpc) is 3.10. The summed E-state index contributed by atoms with van der Waals surface area (Å²) in [5, 5.41) is 10.2. The Morgan fingerprint density at radius 2 is 1.96 bits per heavy atom. The van der Waals surface area contributed by atoms with Crippen molar-refractivity contribution in [3.63, 3.8) is 0 Å². The molecule has 6 heteroatoms. The number of benzene rings is 2. The largest absolute Gasteiger partial charge is 0.436 e. The molecular formula is C22H20N4O2. The molecule has 2 aromatic carbocycles. The fourth-order valence-corrected chi connectivity index (χ4v) is 3.23. The Balaban J connectivity index is 1.44. The molecule has 0 unspecified atom stereocenters. The first-order chi connectivity index (χ1) is 13.5. The van der Waals surface area contributed by atoms with Gasteiger partial charge < -0.3 is 9.73 Å². The quantitative estimate of drug-likeness (QED) is 0.532. The zero-order valence-electron chi connectivity index (χ0n) is 15.7. The summed E-state index contributed by atoms with van der Waals surface area (Å²) in [6.45, 7) is 4.02. The number of nitrogens with one attached hydrogen (secondary N) is 2. The van der Waals surface area contributed by atoms with Gasteiger partial charge in [0.15, 0.2) is 5.58 Å². The monoisotopic (exact) mass is 372 g/mol. The summed E-state index contributed by atoms with van der Waals surface area (Å²) in [5.41, 5.74) is 5.88. The molecule has 2 aromatic heterocycles. The Hall–Kier alpha value is -3.41. The van der Waals surface area contributed by atoms with E-state index in [4.69, 9.17) is 4.42 Å². The number of aromatic amines is 1. The van der Waals surface area contributed by atoms with Gasteiger partial charge in [-0.1, -0.05) is 25.1 Å². The Morgan fingerprint density at radius 1 is 1.18 bits per heavy atom. The van der Waals surface area contributed by atoms with E-state index in [1.165, 1.54) is 0 Å². The Bertz CT molecular complexity index is 1180. The Morgan fingerprint density at radius 3 is 2.71 bits per heavy atom. The number of oxazole rings is 1. The lowest BCUT2D eigenvalue weighted by atomic mass is 10.1. The van der Waals surface area contributed by atoms with Crippen LogP contribution in [0, 0.1) is 12.3 Å². The maximum Gasteiger partial charge on any atom is 0.231 e. The molecule has 140 valence electrons. The highest BCUT2D eigenvalue weighted by Crippen LogP contribution is 2.45. The summed E-state index contributed by atoms with van der Waals surface area (Å²) in [6.07, 6.45) is 3.63. The molecule has 1 aliphatic rings. The van der Waals surface area contributed by atoms with E-state index in [1.807, 2.05) is 56.3 Å². The van der Waals surface area contributed by atoms with Crippen LogP contribution in [0.5, 0.6) is 0 Å². The number of fused-ring (bicyclic) bond motifs is 1. The summed E-state index contributed by atoms with van der Waals surface area (Å²) in [4.78, 5) is 16.8. The normalized spacial score (nSPS) is 14.9. The fraction of sp³-hybridized carbons (Fsp3) is 0.227. The second kappa shape index (κ2) is 6.05. The fourth-order valence-electron chi connectivity index (χ4n) is 3.23. The number of aromatic nitrogens is 3. The average molecular weight is 372 g/mol. The van der Waals surface area contributed by atoms with Crippen molar-refractivity contribution in [2.45, 2.75) is 26.7 Å². The van der Waals surface area contributed by atoms with Gasteiger partial charge in [-0.05, 0) is 49.6 Å². The molecule has 1 aliphatic carbocycles. The Kier molecular flexibility index (Phi) is 3.62. The maximum atomic E-state index is 12.2. The van der Waals surface area contributed by atoms with E-state index in [0.717, 1.165) is 52.0 Å². The SMILES string of the molecule is Cc1ccc2nc(-c3cn[nH]c3-c3ccc(NC(=O)C4(C)CC4)cc3)oc2c1. The molecule has 0 atom stereocenters. The lowest BCUT2D eigenvalue weighted by Crippen LogP contribution is -2.21. The predicted octanol–water partition coefficient (Wildman–Crippen LogP) is 4.93. The van der Waals surface area contributed by atoms with Crippen LogP contribution in [0.3, 0.4) is 0 Å². The highest BCUT2D eigenvalue weighted by atomic mass is 16.3. The number of hydrogen-bond donors (Lipinski definition) is 2. The van der Waals surface area contributed by atoms with E-state index in [2.05, 4.69) is 20.5 Å². The van der Waals surface area contributed by atoms with Crippen LogP contribution >= 0.6 is 0 Å². The van der Waals surface area contributed by atoms with E-state index in [1.54, 1.807) is 6.20 Å². The van der Waals surface area contributed by atoms with E-state index in [0.29, 0.717) is 5.89 Å². The summed E-state index contributed by atoms with van der Waals surface area (Å²) >= 11 is 0. The van der Waals surface area contributed by atoms with Crippen molar-refractivity contribution in [2.24, 2.45) is 5.41 Å². The molecular weight excluding hydrogens is 352 g/mol. The number of H-pyrrole nitrogens is 1. The first-order valence-electron chi connectivity index (χ1n) is 9.35. The molecule has 4 aromatic rings. The topological polar surface area (TPSA) is 83.8 Å². The zero-order chi connectivity index (χ0) is 19.3. The molecule has 0 spiro atoms. The number of aryl methyl sites for hydroxylation is 1. The van der Waals surface area contributed by atoms with Gasteiger partial charge in [0.25, 0.3) is 0 Å². The molecule has 5 rings (SSSR count). The second-order valence-electron chi connectivity index (χ2n) is 7.74. The van der Waals surface area contributed by atoms with Crippen molar-refractivity contribution in [3.8, 4) is 22.7 Å². The van der Waals surface area contributed by atoms with Crippen LogP contribution in [0.4, 0.5) is 5.69 Å². The first-order valence-corrected chi connectivity index (χ1v) is 9.35. The molecule has 2 N–H and O–H groups in total. The van der Waals surface area contributed by atoms with Gasteiger partial charge in [0.2, 0.25) is 11.8 Å². The van der Waals surface area contributed by atoms with Crippen LogP contribution < -0.4 is 5.32 Å². The summed E-state index contributed by atoms with van der Waals surface area (Å²) in [6, 6.07) is 13.7. The van der Waals surface area contributed by atoms with Crippen LogP contribution in [-0.4, -0.2) is 21.1 Å². The van der Waals surface area contributed by atoms with Gasteiger partial charge in [0.05, 0.1) is 17.5 Å². The van der Waals surface area contributed by atoms with Crippen LogP contribution in [0.15, 0.2) is 53.1 Å². The van der Waals surface area contributed by atoms with Crippen LogP contribution in [0.1, 0.15) is 25.3 Å². The summed E-state index contributed by atoms with van der Waals surface area (Å²) in [7, 11) is 0. The van der Waals surface area contributed by atoms with E-state index >= 15 is 0 Å². The molecule has 1 amide bonds. The van der Waals surface area contributed by atoms with Gasteiger partial charge in [-0.2, -0.15) is 5.10 Å². The lowest BCUT2D eigenvalue weighted by molar-refractivity contribution is -0.120. The van der Waals surface area contributed by atoms with E-state index in [9.17, 15) is 4.79 Å². The van der Waals surface area contributed by atoms with Gasteiger partial charge >= 0.3 is 0 Å². The molecule has 0 bridgehead atoms. The number of carbonyl (C=O) groups is 1. The maximum absolute atomic E-state index is 12.2. The van der Waals surface area contributed by atoms with Crippen molar-refractivity contribution in [1.82, 2.24) is 15.2 Å². The third kappa shape index (κ3) is 2.87. The van der Waals surface area contributed by atoms with Gasteiger partial charge in [-0.15, -0.1) is 0 Å². The van der Waals surface area contributed by atoms with Crippen LogP contribution in [-0.2, 0) is 4.79 Å². The van der Waals surface area contributed by atoms with Crippen molar-refractivity contribution < 1.29 is 9.21 Å². The second-order valence-corrected chi connectivity index (χ2v) is 7.74. The molecule has 1 fully saturated rings. The molecule has 2 heterocycles. The number of carbonyl (C=O) groups excluding carboxylic acids is 1. The number of nitrogens with zero attached hydrogens (tertiary/aromatic N) is 2. The minimum Gasteiger partial charge on any atom is -0.436 e. The van der Waals surface area contributed by atoms with Crippen molar-refractivity contribution in [1.29, 1.82) is 0 Å². The number of rotatable bonds is 4. The van der Waals surface area contributed by atoms with E-state index < -0.39 is 0 Å². The van der Waals surface area contributed by atoms with Crippen LogP contribution in [0.2, 0.25) is 0 Å². The van der Waals surface area contributed by atoms with Gasteiger partial charge in [-0.3, -0.25) is 9.89 Å². The van der Waals surface area contributed by atoms with Crippen molar-refractivity contribution in [2.75, 3.05) is 5.32 Å². The third-order valence-corrected chi connectivity index (χ3v) is 5.39. The zero-order valence-corrected chi connectivity index (χ0v) is 15.7.